The number of fused-ring (bicyclic) bond motifs is 2. The average molecular weight is 468 g/mol. The Balaban J connectivity index is 1.27. The molecule has 1 aromatic heterocycles. The number of hydrogen-bond donors (Lipinski definition) is 0. The molecule has 1 heterocycles. The molecule has 170 valence electrons. The Hall–Kier alpha value is -3.63. The standard InChI is InChI=1S/C30H27O3S/c1-21-19-23-10-5-7-14-28(23)34(21)25-17-15-24(16-18-25)32-20-29(31)33-30(2,3)27-13-8-11-22-9-4-6-12-26(22)27/h4-19H,20H2,1-3H3/q+1. The van der Waals surface area contributed by atoms with Crippen molar-refractivity contribution in [2.45, 2.75) is 26.4 Å². The molecule has 5 aromatic rings. The molecule has 0 amide bonds. The number of carbonyl (C=O) groups excluding carboxylic acids is 1. The summed E-state index contributed by atoms with van der Waals surface area (Å²) in [6, 6.07) is 33.0. The molecule has 0 aliphatic carbocycles. The van der Waals surface area contributed by atoms with Gasteiger partial charge in [0, 0.05) is 46.5 Å². The number of esters is 1. The Labute approximate surface area is 202 Å². The highest BCUT2D eigenvalue weighted by Crippen LogP contribution is 2.43. The molecule has 34 heavy (non-hydrogen) atoms. The van der Waals surface area contributed by atoms with Crippen LogP contribution in [0, 0.1) is 6.92 Å². The molecule has 4 heteroatoms. The van der Waals surface area contributed by atoms with Gasteiger partial charge in [-0.3, -0.25) is 0 Å². The lowest BCUT2D eigenvalue weighted by Crippen LogP contribution is -2.28. The van der Waals surface area contributed by atoms with Crippen molar-refractivity contribution in [3.05, 3.63) is 108 Å². The van der Waals surface area contributed by atoms with Gasteiger partial charge in [-0.15, -0.1) is 0 Å². The fourth-order valence-electron chi connectivity index (χ4n) is 4.48. The number of hydrogen-bond acceptors (Lipinski definition) is 3. The highest BCUT2D eigenvalue weighted by Gasteiger charge is 2.27. The lowest BCUT2D eigenvalue weighted by atomic mass is 9.92. The summed E-state index contributed by atoms with van der Waals surface area (Å²) in [5, 5.41) is 3.49. The van der Waals surface area contributed by atoms with E-state index in [0.717, 1.165) is 16.3 Å². The number of thiophene rings is 1. The van der Waals surface area contributed by atoms with Gasteiger partial charge >= 0.3 is 5.97 Å². The molecule has 0 aliphatic heterocycles. The van der Waals surface area contributed by atoms with Gasteiger partial charge < -0.3 is 9.47 Å². The first-order valence-corrected chi connectivity index (χ1v) is 12.6. The van der Waals surface area contributed by atoms with E-state index in [-0.39, 0.29) is 17.1 Å². The van der Waals surface area contributed by atoms with E-state index >= 15 is 0 Å². The van der Waals surface area contributed by atoms with Crippen LogP contribution in [0.2, 0.25) is 0 Å². The van der Waals surface area contributed by atoms with Crippen molar-refractivity contribution in [2.24, 2.45) is 0 Å². The van der Waals surface area contributed by atoms with E-state index in [0.29, 0.717) is 5.75 Å². The van der Waals surface area contributed by atoms with E-state index in [1.54, 1.807) is 0 Å². The van der Waals surface area contributed by atoms with Gasteiger partial charge in [0.1, 0.15) is 11.4 Å². The Bertz CT molecular complexity index is 1470. The summed E-state index contributed by atoms with van der Waals surface area (Å²) in [5.74, 6) is 0.258. The van der Waals surface area contributed by atoms with Crippen molar-refractivity contribution in [3.63, 3.8) is 0 Å². The second-order valence-electron chi connectivity index (χ2n) is 8.87. The quantitative estimate of drug-likeness (QED) is 0.188. The van der Waals surface area contributed by atoms with Gasteiger partial charge in [-0.1, -0.05) is 54.6 Å². The molecule has 3 nitrogen and oxygen atoms in total. The van der Waals surface area contributed by atoms with E-state index in [1.165, 1.54) is 19.9 Å². The monoisotopic (exact) mass is 467 g/mol. The molecular formula is C30H27O3S+. The van der Waals surface area contributed by atoms with Gasteiger partial charge in [0.15, 0.2) is 21.1 Å². The van der Waals surface area contributed by atoms with Crippen molar-refractivity contribution in [2.75, 3.05) is 6.61 Å². The first-order valence-electron chi connectivity index (χ1n) is 11.4. The number of benzene rings is 4. The topological polar surface area (TPSA) is 35.5 Å². The Morgan fingerprint density at radius 1 is 0.824 bits per heavy atom. The van der Waals surface area contributed by atoms with Crippen LogP contribution in [0.5, 0.6) is 5.75 Å². The van der Waals surface area contributed by atoms with E-state index in [4.69, 9.17) is 9.47 Å². The molecule has 0 aliphatic rings. The fraction of sp³-hybridized carbons (Fsp3) is 0.167. The van der Waals surface area contributed by atoms with Crippen molar-refractivity contribution in [1.29, 1.82) is 0 Å². The zero-order valence-corrected chi connectivity index (χ0v) is 20.4. The number of carbonyl (C=O) groups is 1. The van der Waals surface area contributed by atoms with Gasteiger partial charge in [0.25, 0.3) is 0 Å². The maximum absolute atomic E-state index is 12.6. The van der Waals surface area contributed by atoms with Crippen molar-refractivity contribution in [3.8, 4) is 10.6 Å². The van der Waals surface area contributed by atoms with E-state index < -0.39 is 11.6 Å². The van der Waals surface area contributed by atoms with Crippen LogP contribution < -0.4 is 4.74 Å². The van der Waals surface area contributed by atoms with Crippen molar-refractivity contribution in [1.82, 2.24) is 0 Å². The van der Waals surface area contributed by atoms with Crippen molar-refractivity contribution >= 4 is 37.3 Å². The van der Waals surface area contributed by atoms with Crippen LogP contribution in [-0.2, 0) is 15.1 Å². The lowest BCUT2D eigenvalue weighted by Gasteiger charge is -2.27. The molecule has 5 rings (SSSR count). The highest BCUT2D eigenvalue weighted by atomic mass is 32.2. The molecule has 0 radical (unpaired) electrons. The third-order valence-corrected chi connectivity index (χ3v) is 8.36. The van der Waals surface area contributed by atoms with Crippen LogP contribution in [0.1, 0.15) is 24.3 Å². The maximum atomic E-state index is 12.6. The molecule has 1 atom stereocenters. The fourth-order valence-corrected chi connectivity index (χ4v) is 6.69. The largest absolute Gasteiger partial charge is 0.482 e. The average Bonchev–Trinajstić information content (AvgIpc) is 3.18. The summed E-state index contributed by atoms with van der Waals surface area (Å²) in [5.41, 5.74) is 0.205. The predicted octanol–water partition coefficient (Wildman–Crippen LogP) is 7.90. The van der Waals surface area contributed by atoms with Gasteiger partial charge in [0.2, 0.25) is 0 Å². The lowest BCUT2D eigenvalue weighted by molar-refractivity contribution is -0.159. The summed E-state index contributed by atoms with van der Waals surface area (Å²) >= 11 is 0. The first kappa shape index (κ1) is 22.2. The highest BCUT2D eigenvalue weighted by molar-refractivity contribution is 7.45. The van der Waals surface area contributed by atoms with Crippen molar-refractivity contribution < 1.29 is 14.3 Å². The van der Waals surface area contributed by atoms with Gasteiger partial charge in [-0.05, 0) is 48.9 Å². The Morgan fingerprint density at radius 3 is 2.29 bits per heavy atom. The normalized spacial score (nSPS) is 12.1. The summed E-state index contributed by atoms with van der Waals surface area (Å²) in [4.78, 5) is 15.2. The summed E-state index contributed by atoms with van der Waals surface area (Å²) in [7, 11) is -0.0638. The smallest absolute Gasteiger partial charge is 0.345 e. The molecular weight excluding hydrogens is 440 g/mol. The zero-order chi connectivity index (χ0) is 23.7. The second-order valence-corrected chi connectivity index (χ2v) is 11.0. The third kappa shape index (κ3) is 4.29. The van der Waals surface area contributed by atoms with Gasteiger partial charge in [-0.2, -0.15) is 0 Å². The minimum Gasteiger partial charge on any atom is -0.482 e. The number of aryl methyl sites for hydroxylation is 1. The number of rotatable bonds is 6. The summed E-state index contributed by atoms with van der Waals surface area (Å²) in [6.07, 6.45) is 0. The minimum atomic E-state index is -0.772. The van der Waals surface area contributed by atoms with E-state index in [1.807, 2.05) is 50.2 Å². The SMILES string of the molecule is Cc1cc2ccccc2[s+]1-c1ccc(OCC(=O)OC(C)(C)c2cccc3ccccc23)cc1. The minimum absolute atomic E-state index is 0.0638. The molecule has 0 fully saturated rings. The van der Waals surface area contributed by atoms with Crippen LogP contribution in [-0.4, -0.2) is 12.6 Å². The zero-order valence-electron chi connectivity index (χ0n) is 19.6. The van der Waals surface area contributed by atoms with Gasteiger partial charge in [0.05, 0.1) is 0 Å². The Kier molecular flexibility index (Phi) is 5.84. The first-order chi connectivity index (χ1) is 16.4. The van der Waals surface area contributed by atoms with E-state index in [9.17, 15) is 4.79 Å². The molecule has 0 spiro atoms. The summed E-state index contributed by atoms with van der Waals surface area (Å²) in [6.45, 7) is 5.87. The van der Waals surface area contributed by atoms with Crippen LogP contribution >= 0.6 is 10.5 Å². The third-order valence-electron chi connectivity index (χ3n) is 6.04. The molecule has 0 saturated heterocycles. The number of ether oxygens (including phenoxy) is 2. The maximum Gasteiger partial charge on any atom is 0.345 e. The molecule has 1 unspecified atom stereocenters. The van der Waals surface area contributed by atoms with Gasteiger partial charge in [-0.25, -0.2) is 4.79 Å². The summed E-state index contributed by atoms with van der Waals surface area (Å²) < 4.78 is 13.0. The molecule has 0 saturated carbocycles. The van der Waals surface area contributed by atoms with Crippen LogP contribution in [0.25, 0.3) is 25.8 Å². The molecule has 4 aromatic carbocycles. The van der Waals surface area contributed by atoms with E-state index in [2.05, 4.69) is 67.6 Å². The predicted molar refractivity (Wildman–Crippen MR) is 141 cm³/mol. The Morgan fingerprint density at radius 2 is 1.50 bits per heavy atom. The van der Waals surface area contributed by atoms with Crippen LogP contribution in [0.4, 0.5) is 0 Å². The van der Waals surface area contributed by atoms with Crippen LogP contribution in [0.15, 0.2) is 97.1 Å². The second kappa shape index (κ2) is 8.96. The van der Waals surface area contributed by atoms with Crippen LogP contribution in [0.3, 0.4) is 0 Å². The molecule has 0 N–H and O–H groups in total. The molecule has 0 bridgehead atoms.